The molecule has 6 unspecified atom stereocenters. The maximum atomic E-state index is 17.5. The summed E-state index contributed by atoms with van der Waals surface area (Å²) in [6.45, 7) is 11.8. The first-order valence-corrected chi connectivity index (χ1v) is 21.5. The number of hydrogen-bond donors (Lipinski definition) is 3. The van der Waals surface area contributed by atoms with Crippen LogP contribution in [0.5, 0.6) is 0 Å². The van der Waals surface area contributed by atoms with Gasteiger partial charge in [0.1, 0.15) is 24.4 Å². The van der Waals surface area contributed by atoms with Gasteiger partial charge in [-0.3, -0.25) is 19.2 Å². The van der Waals surface area contributed by atoms with Crippen molar-refractivity contribution in [3.05, 3.63) is 35.5 Å². The summed E-state index contributed by atoms with van der Waals surface area (Å²) in [6.07, 6.45) is 10.3. The lowest BCUT2D eigenvalue weighted by Crippen LogP contribution is -2.70. The lowest BCUT2D eigenvalue weighted by molar-refractivity contribution is -0.244. The third-order valence-electron chi connectivity index (χ3n) is 18.2. The van der Waals surface area contributed by atoms with Crippen molar-refractivity contribution in [1.82, 2.24) is 0 Å². The first-order chi connectivity index (χ1) is 26.2. The molecule has 0 aromatic rings. The number of carbonyl (C=O) groups excluding carboxylic acids is 4. The lowest BCUT2D eigenvalue weighted by Gasteiger charge is -2.63. The number of fused-ring (bicyclic) bond motifs is 10. The number of ketones is 2. The first kappa shape index (κ1) is 40.1. The molecule has 56 heavy (non-hydrogen) atoms. The van der Waals surface area contributed by atoms with Crippen LogP contribution in [0.4, 0.5) is 4.39 Å². The molecule has 6 saturated carbocycles. The minimum Gasteiger partial charge on any atom is -0.463 e. The maximum absolute atomic E-state index is 17.5. The Labute approximate surface area is 330 Å². The van der Waals surface area contributed by atoms with E-state index >= 15 is 4.39 Å². The van der Waals surface area contributed by atoms with Gasteiger partial charge >= 0.3 is 11.9 Å². The second-order valence-corrected chi connectivity index (χ2v) is 20.6. The van der Waals surface area contributed by atoms with Crippen LogP contribution in [0.2, 0.25) is 0 Å². The predicted molar refractivity (Wildman–Crippen MR) is 205 cm³/mol. The molecule has 0 radical (unpaired) electrons. The van der Waals surface area contributed by atoms with Gasteiger partial charge in [-0.25, -0.2) is 4.39 Å². The molecule has 0 spiro atoms. The fourth-order valence-electron chi connectivity index (χ4n) is 15.1. The van der Waals surface area contributed by atoms with Crippen molar-refractivity contribution < 1.29 is 48.4 Å². The van der Waals surface area contributed by atoms with Crippen LogP contribution in [-0.4, -0.2) is 75.0 Å². The van der Waals surface area contributed by atoms with E-state index in [0.29, 0.717) is 54.9 Å². The molecule has 16 atom stereocenters. The van der Waals surface area contributed by atoms with Crippen molar-refractivity contribution in [2.75, 3.05) is 6.61 Å². The maximum Gasteiger partial charge on any atom is 0.306 e. The molecule has 3 N–H and O–H groups in total. The van der Waals surface area contributed by atoms with Gasteiger partial charge in [0.15, 0.2) is 17.2 Å². The normalized spacial score (nSPS) is 49.6. The summed E-state index contributed by atoms with van der Waals surface area (Å²) < 4.78 is 29.2. The Morgan fingerprint density at radius 3 is 2.39 bits per heavy atom. The fraction of sp³-hybridized carbons (Fsp3) is 0.783. The highest BCUT2D eigenvalue weighted by Crippen LogP contribution is 2.71. The van der Waals surface area contributed by atoms with Gasteiger partial charge in [-0.1, -0.05) is 51.8 Å². The van der Waals surface area contributed by atoms with E-state index in [4.69, 9.17) is 9.47 Å². The fourth-order valence-corrected chi connectivity index (χ4v) is 15.1. The highest BCUT2D eigenvalue weighted by Gasteiger charge is 2.75. The van der Waals surface area contributed by atoms with E-state index in [9.17, 15) is 34.5 Å². The van der Waals surface area contributed by atoms with Crippen molar-refractivity contribution >= 4 is 23.5 Å². The molecule has 0 heterocycles. The minimum absolute atomic E-state index is 0.0597. The molecular weight excluding hydrogens is 715 g/mol. The van der Waals surface area contributed by atoms with E-state index in [2.05, 4.69) is 20.8 Å². The molecule has 0 aromatic heterocycles. The first-order valence-electron chi connectivity index (χ1n) is 21.5. The summed E-state index contributed by atoms with van der Waals surface area (Å²) in [6, 6.07) is 0. The van der Waals surface area contributed by atoms with Crippen LogP contribution < -0.4 is 0 Å². The average Bonchev–Trinajstić information content (AvgIpc) is 3.57. The molecule has 8 rings (SSSR count). The zero-order valence-electron chi connectivity index (χ0n) is 34.2. The summed E-state index contributed by atoms with van der Waals surface area (Å²) in [7, 11) is 0. The molecule has 308 valence electrons. The number of carbonyl (C=O) groups is 4. The Kier molecular flexibility index (Phi) is 9.61. The summed E-state index contributed by atoms with van der Waals surface area (Å²) in [5.74, 6) is -0.627. The number of aliphatic hydroxyl groups is 3. The highest BCUT2D eigenvalue weighted by atomic mass is 19.1. The number of esters is 2. The molecule has 8 aliphatic carbocycles. The molecule has 0 aliphatic heterocycles. The van der Waals surface area contributed by atoms with Gasteiger partial charge in [-0.05, 0) is 130 Å². The van der Waals surface area contributed by atoms with Crippen LogP contribution in [-0.2, 0) is 28.7 Å². The smallest absolute Gasteiger partial charge is 0.306 e. The number of aliphatic hydroxyl groups excluding tert-OH is 2. The van der Waals surface area contributed by atoms with Crippen molar-refractivity contribution in [3.63, 3.8) is 0 Å². The topological polar surface area (TPSA) is 147 Å². The zero-order valence-corrected chi connectivity index (χ0v) is 34.2. The van der Waals surface area contributed by atoms with Crippen LogP contribution >= 0.6 is 0 Å². The highest BCUT2D eigenvalue weighted by molar-refractivity contribution is 6.01. The van der Waals surface area contributed by atoms with Crippen LogP contribution in [0.15, 0.2) is 35.5 Å². The third-order valence-corrected chi connectivity index (χ3v) is 18.2. The Balaban J connectivity index is 0.869. The Morgan fingerprint density at radius 2 is 1.64 bits per heavy atom. The monoisotopic (exact) mass is 778 g/mol. The summed E-state index contributed by atoms with van der Waals surface area (Å²) in [4.78, 5) is 50.7. The van der Waals surface area contributed by atoms with Crippen molar-refractivity contribution in [3.8, 4) is 0 Å². The van der Waals surface area contributed by atoms with E-state index in [1.807, 2.05) is 13.0 Å². The largest absolute Gasteiger partial charge is 0.463 e. The molecule has 6 fully saturated rings. The number of hydrogen-bond acceptors (Lipinski definition) is 9. The summed E-state index contributed by atoms with van der Waals surface area (Å²) >= 11 is 0. The van der Waals surface area contributed by atoms with Gasteiger partial charge in [0.25, 0.3) is 0 Å². The van der Waals surface area contributed by atoms with Gasteiger partial charge in [-0.15, -0.1) is 0 Å². The Hall–Kier alpha value is -2.69. The summed E-state index contributed by atoms with van der Waals surface area (Å²) in [5.41, 5.74) is -4.15. The second kappa shape index (κ2) is 13.4. The van der Waals surface area contributed by atoms with E-state index in [1.54, 1.807) is 19.9 Å². The molecule has 10 heteroatoms. The number of allylic oxidation sites excluding steroid dienone is 5. The average molecular weight is 779 g/mol. The number of ether oxygens (including phenoxy) is 2. The minimum atomic E-state index is -2.06. The van der Waals surface area contributed by atoms with Crippen molar-refractivity contribution in [1.29, 1.82) is 0 Å². The van der Waals surface area contributed by atoms with Gasteiger partial charge < -0.3 is 24.8 Å². The zero-order chi connectivity index (χ0) is 40.4. The number of rotatable bonds is 7. The van der Waals surface area contributed by atoms with Gasteiger partial charge in [-0.2, -0.15) is 0 Å². The van der Waals surface area contributed by atoms with Crippen LogP contribution in [0, 0.1) is 63.1 Å². The Bertz CT molecular complexity index is 1790. The quantitative estimate of drug-likeness (QED) is 0.240. The second-order valence-electron chi connectivity index (χ2n) is 20.6. The SMILES string of the molecule is C[C@@H]1CC2=CC(=O)CC[C@]2(C)C2CC[C@@]3(C)C(CC[C@@H]3OC(=O)CCC(=O)OCC(O)[C@@]3(O)[C@@H](C)CC4C5CCC6=CC(=O)C=C[C@]6(C)[C@@]5(F)[C@@H](O)C[C@@]43C)C21. The third kappa shape index (κ3) is 5.45. The van der Waals surface area contributed by atoms with Gasteiger partial charge in [0.05, 0.1) is 18.9 Å². The van der Waals surface area contributed by atoms with Crippen molar-refractivity contribution in [2.45, 2.75) is 155 Å². The van der Waals surface area contributed by atoms with E-state index < -0.39 is 64.7 Å². The Morgan fingerprint density at radius 1 is 0.911 bits per heavy atom. The predicted octanol–water partition coefficient (Wildman–Crippen LogP) is 6.71. The molecule has 0 saturated heterocycles. The van der Waals surface area contributed by atoms with E-state index in [0.717, 1.165) is 38.5 Å². The van der Waals surface area contributed by atoms with Crippen LogP contribution in [0.25, 0.3) is 0 Å². The number of halogens is 1. The molecular formula is C46H63FO9. The molecule has 0 bridgehead atoms. The molecule has 0 aromatic carbocycles. The van der Waals surface area contributed by atoms with Crippen LogP contribution in [0.1, 0.15) is 125 Å². The van der Waals surface area contributed by atoms with Gasteiger partial charge in [0.2, 0.25) is 0 Å². The lowest BCUT2D eigenvalue weighted by atomic mass is 9.44. The van der Waals surface area contributed by atoms with E-state index in [1.165, 1.54) is 17.7 Å². The van der Waals surface area contributed by atoms with E-state index in [-0.39, 0.29) is 53.7 Å². The summed E-state index contributed by atoms with van der Waals surface area (Å²) in [5, 5.41) is 35.6. The molecule has 8 aliphatic rings. The van der Waals surface area contributed by atoms with Gasteiger partial charge in [0, 0.05) is 28.6 Å². The van der Waals surface area contributed by atoms with Crippen LogP contribution in [0.3, 0.4) is 0 Å². The molecule has 9 nitrogen and oxygen atoms in total. The standard InChI is InChI=1S/C46H63FO9/c1-25-19-28-22-29(48)13-16-41(28,3)33-15-17-42(4)32(40(25)33)9-10-37(42)56-39(53)12-11-38(52)55-24-36(51)46(54)26(2)20-34-31-8-7-27-21-30(49)14-18-43(27,5)45(31,47)35(50)23-44(34,46)6/h14,18,21-22,25-26,31-37,40,50-51,54H,7-13,15-17,19-20,23-24H2,1-6H3/t25-,26+,31?,32?,33?,34?,35+,36?,37+,40?,41+,42+,43+,44+,45+,46+/m1/s1. The van der Waals surface area contributed by atoms with Crippen molar-refractivity contribution in [2.24, 2.45) is 63.1 Å². The molecule has 0 amide bonds. The number of alkyl halides is 1.